The second-order valence-corrected chi connectivity index (χ2v) is 4.64. The number of anilines is 1. The third kappa shape index (κ3) is 2.91. The first kappa shape index (κ1) is 14.7. The van der Waals surface area contributed by atoms with Crippen molar-refractivity contribution in [2.45, 2.75) is 13.8 Å². The van der Waals surface area contributed by atoms with E-state index >= 15 is 0 Å². The van der Waals surface area contributed by atoms with Crippen molar-refractivity contribution in [3.8, 4) is 0 Å². The summed E-state index contributed by atoms with van der Waals surface area (Å²) in [7, 11) is 0. The number of aryl methyl sites for hydroxylation is 1. The van der Waals surface area contributed by atoms with Gasteiger partial charge in [-0.25, -0.2) is 0 Å². The average molecular weight is 289 g/mol. The lowest BCUT2D eigenvalue weighted by molar-refractivity contribution is -0.383. The van der Waals surface area contributed by atoms with Crippen LogP contribution in [0.1, 0.15) is 12.6 Å². The van der Waals surface area contributed by atoms with Gasteiger partial charge in [-0.3, -0.25) is 19.9 Å². The van der Waals surface area contributed by atoms with Crippen LogP contribution in [-0.4, -0.2) is 34.1 Å². The zero-order valence-corrected chi connectivity index (χ0v) is 11.7. The van der Waals surface area contributed by atoms with Crippen LogP contribution < -0.4 is 4.90 Å². The molecule has 2 rings (SSSR count). The van der Waals surface area contributed by atoms with Crippen LogP contribution in [0.4, 0.5) is 11.4 Å². The van der Waals surface area contributed by atoms with Crippen LogP contribution in [0.3, 0.4) is 0 Å². The molecule has 0 saturated carbocycles. The molecule has 0 atom stereocenters. The summed E-state index contributed by atoms with van der Waals surface area (Å²) in [5.74, 6) is -0.950. The Morgan fingerprint density at radius 3 is 2.71 bits per heavy atom. The Hall–Kier alpha value is -2.70. The number of rotatable bonds is 5. The molecule has 0 amide bonds. The fourth-order valence-corrected chi connectivity index (χ4v) is 2.28. The quantitative estimate of drug-likeness (QED) is 0.670. The van der Waals surface area contributed by atoms with Gasteiger partial charge in [0.25, 0.3) is 5.69 Å². The fourth-order valence-electron chi connectivity index (χ4n) is 2.28. The molecule has 7 heteroatoms. The lowest BCUT2D eigenvalue weighted by atomic mass is 10.1. The molecule has 0 aliphatic carbocycles. The lowest BCUT2D eigenvalue weighted by Crippen LogP contribution is -2.29. The summed E-state index contributed by atoms with van der Waals surface area (Å²) in [4.78, 5) is 27.4. The molecule has 0 bridgehead atoms. The van der Waals surface area contributed by atoms with Crippen LogP contribution in [-0.2, 0) is 4.79 Å². The second-order valence-electron chi connectivity index (χ2n) is 4.64. The number of hydrogen-bond acceptors (Lipinski definition) is 5. The van der Waals surface area contributed by atoms with Crippen LogP contribution in [0.15, 0.2) is 24.4 Å². The third-order valence-electron chi connectivity index (χ3n) is 3.24. The Morgan fingerprint density at radius 1 is 1.43 bits per heavy atom. The number of benzene rings is 1. The van der Waals surface area contributed by atoms with Crippen LogP contribution in [0.25, 0.3) is 10.8 Å². The Bertz CT molecular complexity index is 715. The van der Waals surface area contributed by atoms with E-state index < -0.39 is 10.9 Å². The summed E-state index contributed by atoms with van der Waals surface area (Å²) in [5, 5.41) is 21.1. The lowest BCUT2D eigenvalue weighted by Gasteiger charge is -2.22. The van der Waals surface area contributed by atoms with E-state index in [9.17, 15) is 14.9 Å². The number of fused-ring (bicyclic) bond motifs is 1. The van der Waals surface area contributed by atoms with Gasteiger partial charge in [0, 0.05) is 35.6 Å². The number of pyridine rings is 1. The normalized spacial score (nSPS) is 10.6. The van der Waals surface area contributed by atoms with E-state index in [1.54, 1.807) is 24.0 Å². The molecular weight excluding hydrogens is 274 g/mol. The molecule has 1 N–H and O–H groups in total. The van der Waals surface area contributed by atoms with Gasteiger partial charge in [0.05, 0.1) is 10.3 Å². The van der Waals surface area contributed by atoms with Gasteiger partial charge < -0.3 is 10.0 Å². The van der Waals surface area contributed by atoms with Gasteiger partial charge in [0.2, 0.25) is 0 Å². The molecule has 0 unspecified atom stereocenters. The molecular formula is C14H15N3O4. The molecule has 0 saturated heterocycles. The van der Waals surface area contributed by atoms with E-state index in [-0.39, 0.29) is 12.2 Å². The van der Waals surface area contributed by atoms with Crippen molar-refractivity contribution in [1.29, 1.82) is 0 Å². The Labute approximate surface area is 121 Å². The summed E-state index contributed by atoms with van der Waals surface area (Å²) < 4.78 is 0. The van der Waals surface area contributed by atoms with E-state index in [1.165, 1.54) is 12.3 Å². The van der Waals surface area contributed by atoms with Crippen molar-refractivity contribution >= 4 is 28.1 Å². The van der Waals surface area contributed by atoms with Crippen molar-refractivity contribution in [3.63, 3.8) is 0 Å². The van der Waals surface area contributed by atoms with Crippen molar-refractivity contribution in [3.05, 3.63) is 40.2 Å². The van der Waals surface area contributed by atoms with Crippen LogP contribution >= 0.6 is 0 Å². The largest absolute Gasteiger partial charge is 0.480 e. The molecule has 0 aliphatic rings. The Morgan fingerprint density at radius 2 is 2.14 bits per heavy atom. The minimum Gasteiger partial charge on any atom is -0.480 e. The molecule has 21 heavy (non-hydrogen) atoms. The predicted molar refractivity (Wildman–Crippen MR) is 78.7 cm³/mol. The molecule has 0 fully saturated rings. The summed E-state index contributed by atoms with van der Waals surface area (Å²) in [6, 6.07) is 4.72. The van der Waals surface area contributed by atoms with E-state index in [2.05, 4.69) is 4.98 Å². The molecule has 7 nitrogen and oxygen atoms in total. The third-order valence-corrected chi connectivity index (χ3v) is 3.24. The van der Waals surface area contributed by atoms with Crippen LogP contribution in [0.2, 0.25) is 0 Å². The Balaban J connectivity index is 2.69. The number of aliphatic carboxylic acids is 1. The van der Waals surface area contributed by atoms with Gasteiger partial charge in [-0.1, -0.05) is 0 Å². The highest BCUT2D eigenvalue weighted by Gasteiger charge is 2.18. The first-order valence-electron chi connectivity index (χ1n) is 6.44. The van der Waals surface area contributed by atoms with E-state index in [4.69, 9.17) is 5.11 Å². The zero-order valence-electron chi connectivity index (χ0n) is 11.7. The number of carboxylic acids is 1. The highest BCUT2D eigenvalue weighted by Crippen LogP contribution is 2.33. The number of non-ortho nitro benzene ring substituents is 1. The zero-order chi connectivity index (χ0) is 15.6. The van der Waals surface area contributed by atoms with Gasteiger partial charge in [-0.05, 0) is 26.0 Å². The highest BCUT2D eigenvalue weighted by molar-refractivity contribution is 6.00. The van der Waals surface area contributed by atoms with E-state index in [0.29, 0.717) is 23.0 Å². The van der Waals surface area contributed by atoms with Gasteiger partial charge in [-0.2, -0.15) is 0 Å². The minimum absolute atomic E-state index is 0.0346. The number of nitro groups is 1. The van der Waals surface area contributed by atoms with Gasteiger partial charge >= 0.3 is 5.97 Å². The number of nitro benzene ring substituents is 1. The predicted octanol–water partition coefficient (Wildman–Crippen LogP) is 2.36. The van der Waals surface area contributed by atoms with Crippen molar-refractivity contribution in [2.75, 3.05) is 18.0 Å². The first-order chi connectivity index (χ1) is 9.93. The van der Waals surface area contributed by atoms with E-state index in [1.807, 2.05) is 6.92 Å². The van der Waals surface area contributed by atoms with Gasteiger partial charge in [0.15, 0.2) is 0 Å². The van der Waals surface area contributed by atoms with Gasteiger partial charge in [-0.15, -0.1) is 0 Å². The number of carbonyl (C=O) groups is 1. The van der Waals surface area contributed by atoms with Crippen molar-refractivity contribution in [2.24, 2.45) is 0 Å². The van der Waals surface area contributed by atoms with Crippen LogP contribution in [0.5, 0.6) is 0 Å². The monoisotopic (exact) mass is 289 g/mol. The molecule has 0 spiro atoms. The topological polar surface area (TPSA) is 96.6 Å². The molecule has 2 aromatic rings. The summed E-state index contributed by atoms with van der Waals surface area (Å²) in [6.45, 7) is 3.95. The highest BCUT2D eigenvalue weighted by atomic mass is 16.6. The smallest absolute Gasteiger partial charge is 0.323 e. The van der Waals surface area contributed by atoms with Crippen molar-refractivity contribution < 1.29 is 14.8 Å². The summed E-state index contributed by atoms with van der Waals surface area (Å²) >= 11 is 0. The number of hydrogen-bond donors (Lipinski definition) is 1. The molecule has 1 aromatic heterocycles. The van der Waals surface area contributed by atoms with Gasteiger partial charge in [0.1, 0.15) is 6.54 Å². The average Bonchev–Trinajstić information content (AvgIpc) is 2.43. The standard InChI is InChI=1S/C14H15N3O4/c1-3-16(8-14(18)19)12-4-5-13(17(20)21)11-7-15-9(2)6-10(11)12/h4-7H,3,8H2,1-2H3,(H,18,19). The first-order valence-corrected chi connectivity index (χ1v) is 6.44. The maximum atomic E-state index is 11.1. The minimum atomic E-state index is -0.950. The molecule has 1 aromatic carbocycles. The van der Waals surface area contributed by atoms with E-state index in [0.717, 1.165) is 5.69 Å². The molecule has 0 radical (unpaired) electrons. The van der Waals surface area contributed by atoms with Crippen molar-refractivity contribution in [1.82, 2.24) is 4.98 Å². The van der Waals surface area contributed by atoms with Crippen LogP contribution in [0, 0.1) is 17.0 Å². The molecule has 1 heterocycles. The number of carboxylic acid groups (broad SMARTS) is 1. The number of likely N-dealkylation sites (N-methyl/N-ethyl adjacent to an activating group) is 1. The second kappa shape index (κ2) is 5.74. The summed E-state index contributed by atoms with van der Waals surface area (Å²) in [5.41, 5.74) is 1.34. The fraction of sp³-hybridized carbons (Fsp3) is 0.286. The maximum absolute atomic E-state index is 11.1. The summed E-state index contributed by atoms with van der Waals surface area (Å²) in [6.07, 6.45) is 1.46. The number of aromatic nitrogens is 1. The molecule has 110 valence electrons. The SMILES string of the molecule is CCN(CC(=O)O)c1ccc([N+](=O)[O-])c2cnc(C)cc12. The molecule has 0 aliphatic heterocycles. The maximum Gasteiger partial charge on any atom is 0.323 e. The number of nitrogens with zero attached hydrogens (tertiary/aromatic N) is 3. The Kier molecular flexibility index (Phi) is 4.02.